The van der Waals surface area contributed by atoms with Crippen LogP contribution in [0.3, 0.4) is 0 Å². The van der Waals surface area contributed by atoms with E-state index in [4.69, 9.17) is 4.74 Å². The summed E-state index contributed by atoms with van der Waals surface area (Å²) < 4.78 is 7.19. The van der Waals surface area contributed by atoms with Crippen molar-refractivity contribution in [2.75, 3.05) is 32.0 Å². The first kappa shape index (κ1) is 17.3. The van der Waals surface area contributed by atoms with E-state index < -0.39 is 5.60 Å². The molecule has 0 saturated carbocycles. The Morgan fingerprint density at radius 3 is 2.89 bits per heavy atom. The molecule has 0 aliphatic carbocycles. The summed E-state index contributed by atoms with van der Waals surface area (Å²) in [7, 11) is 3.49. The van der Waals surface area contributed by atoms with Gasteiger partial charge in [0.15, 0.2) is 0 Å². The lowest BCUT2D eigenvalue weighted by Gasteiger charge is -2.38. The smallest absolute Gasteiger partial charge is 0.410 e. The summed E-state index contributed by atoms with van der Waals surface area (Å²) in [6.45, 7) is 1.52. The summed E-state index contributed by atoms with van der Waals surface area (Å²) in [6, 6.07) is 5.36. The number of carbonyl (C=O) groups is 2. The van der Waals surface area contributed by atoms with Crippen LogP contribution in [0, 0.1) is 0 Å². The fourth-order valence-corrected chi connectivity index (χ4v) is 3.70. The molecule has 0 bridgehead atoms. The zero-order valence-corrected chi connectivity index (χ0v) is 15.4. The first-order valence-corrected chi connectivity index (χ1v) is 8.90. The Kier molecular flexibility index (Phi) is 4.21. The molecule has 0 aromatic carbocycles. The number of aromatic nitrogens is 3. The maximum Gasteiger partial charge on any atom is 0.410 e. The SMILES string of the molecule is CN1CC2(CCCN(C(=O)Nc3cc(-c4cccnc4)nn3C)C2)OC1=O. The predicted octanol–water partition coefficient (Wildman–Crippen LogP) is 1.93. The molecule has 2 aliphatic rings. The van der Waals surface area contributed by atoms with Gasteiger partial charge in [-0.05, 0) is 25.0 Å². The van der Waals surface area contributed by atoms with Crippen molar-refractivity contribution in [1.82, 2.24) is 24.6 Å². The van der Waals surface area contributed by atoms with Crippen LogP contribution in [0.2, 0.25) is 0 Å². The van der Waals surface area contributed by atoms with E-state index in [-0.39, 0.29) is 12.1 Å². The van der Waals surface area contributed by atoms with Crippen molar-refractivity contribution in [2.45, 2.75) is 18.4 Å². The van der Waals surface area contributed by atoms with Gasteiger partial charge in [-0.1, -0.05) is 0 Å². The van der Waals surface area contributed by atoms with Crippen molar-refractivity contribution in [3.8, 4) is 11.3 Å². The number of ether oxygens (including phenoxy) is 1. The lowest BCUT2D eigenvalue weighted by molar-refractivity contribution is 0.00495. The van der Waals surface area contributed by atoms with Gasteiger partial charge in [-0.3, -0.25) is 15.0 Å². The third kappa shape index (κ3) is 3.32. The van der Waals surface area contributed by atoms with E-state index in [0.717, 1.165) is 24.1 Å². The molecule has 9 heteroatoms. The molecule has 27 heavy (non-hydrogen) atoms. The number of rotatable bonds is 2. The number of urea groups is 1. The summed E-state index contributed by atoms with van der Waals surface area (Å²) >= 11 is 0. The van der Waals surface area contributed by atoms with Crippen molar-refractivity contribution in [3.63, 3.8) is 0 Å². The Morgan fingerprint density at radius 1 is 1.33 bits per heavy atom. The Bertz CT molecular complexity index is 867. The van der Waals surface area contributed by atoms with Crippen LogP contribution in [0.25, 0.3) is 11.3 Å². The highest BCUT2D eigenvalue weighted by Gasteiger charge is 2.47. The fourth-order valence-electron chi connectivity index (χ4n) is 3.70. The van der Waals surface area contributed by atoms with Crippen LogP contribution < -0.4 is 5.32 Å². The van der Waals surface area contributed by atoms with Crippen molar-refractivity contribution < 1.29 is 14.3 Å². The summed E-state index contributed by atoms with van der Waals surface area (Å²) in [6.07, 6.45) is 4.66. The number of carbonyl (C=O) groups excluding carboxylic acids is 2. The number of aryl methyl sites for hydroxylation is 1. The summed E-state index contributed by atoms with van der Waals surface area (Å²) in [4.78, 5) is 31.9. The maximum atomic E-state index is 12.8. The van der Waals surface area contributed by atoms with E-state index in [0.29, 0.717) is 25.5 Å². The van der Waals surface area contributed by atoms with E-state index >= 15 is 0 Å². The third-order valence-electron chi connectivity index (χ3n) is 5.04. The van der Waals surface area contributed by atoms with Gasteiger partial charge in [-0.2, -0.15) is 5.10 Å². The molecule has 9 nitrogen and oxygen atoms in total. The average Bonchev–Trinajstić information content (AvgIpc) is 3.15. The first-order valence-electron chi connectivity index (χ1n) is 8.90. The molecule has 1 N–H and O–H groups in total. The number of nitrogens with one attached hydrogen (secondary N) is 1. The normalized spacial score (nSPS) is 22.2. The number of piperidine rings is 1. The molecule has 1 atom stereocenters. The van der Waals surface area contributed by atoms with Gasteiger partial charge in [0, 0.05) is 44.7 Å². The standard InChI is InChI=1S/C18H22N6O3/c1-22-11-18(27-17(22)26)6-4-8-24(12-18)16(25)20-15-9-14(21-23(15)2)13-5-3-7-19-10-13/h3,5,7,9-10H,4,6,8,11-12H2,1-2H3,(H,20,25). The molecule has 0 radical (unpaired) electrons. The first-order chi connectivity index (χ1) is 13.0. The van der Waals surface area contributed by atoms with Crippen LogP contribution in [-0.2, 0) is 11.8 Å². The molecule has 2 fully saturated rings. The highest BCUT2D eigenvalue weighted by molar-refractivity contribution is 5.89. The van der Waals surface area contributed by atoms with Gasteiger partial charge in [-0.15, -0.1) is 0 Å². The van der Waals surface area contributed by atoms with Crippen LogP contribution in [0.15, 0.2) is 30.6 Å². The van der Waals surface area contributed by atoms with Gasteiger partial charge in [0.2, 0.25) is 0 Å². The monoisotopic (exact) mass is 370 g/mol. The minimum absolute atomic E-state index is 0.222. The molecule has 1 unspecified atom stereocenters. The highest BCUT2D eigenvalue weighted by Crippen LogP contribution is 2.31. The number of hydrogen-bond donors (Lipinski definition) is 1. The Morgan fingerprint density at radius 2 is 2.19 bits per heavy atom. The fraction of sp³-hybridized carbons (Fsp3) is 0.444. The zero-order valence-electron chi connectivity index (χ0n) is 15.4. The van der Waals surface area contributed by atoms with Crippen molar-refractivity contribution >= 4 is 17.9 Å². The quantitative estimate of drug-likeness (QED) is 0.872. The molecule has 1 spiro atoms. The highest BCUT2D eigenvalue weighted by atomic mass is 16.6. The van der Waals surface area contributed by atoms with Gasteiger partial charge >= 0.3 is 12.1 Å². The predicted molar refractivity (Wildman–Crippen MR) is 98.1 cm³/mol. The molecule has 4 heterocycles. The Labute approximate surface area is 156 Å². The van der Waals surface area contributed by atoms with E-state index in [2.05, 4.69) is 15.4 Å². The lowest BCUT2D eigenvalue weighted by Crippen LogP contribution is -2.53. The van der Waals surface area contributed by atoms with Crippen LogP contribution >= 0.6 is 0 Å². The topological polar surface area (TPSA) is 92.6 Å². The molecular formula is C18H22N6O3. The number of amides is 3. The third-order valence-corrected chi connectivity index (χ3v) is 5.04. The minimum Gasteiger partial charge on any atom is -0.439 e. The number of likely N-dealkylation sites (N-methyl/N-ethyl adjacent to an activating group) is 1. The second-order valence-electron chi connectivity index (χ2n) is 7.14. The van der Waals surface area contributed by atoms with Crippen molar-refractivity contribution in [2.24, 2.45) is 7.05 Å². The van der Waals surface area contributed by atoms with Gasteiger partial charge < -0.3 is 14.5 Å². The van der Waals surface area contributed by atoms with Crippen LogP contribution in [-0.4, -0.2) is 69.0 Å². The van der Waals surface area contributed by atoms with Gasteiger partial charge in [0.05, 0.1) is 18.8 Å². The van der Waals surface area contributed by atoms with E-state index in [1.165, 1.54) is 0 Å². The molecule has 2 aromatic rings. The zero-order chi connectivity index (χ0) is 19.0. The molecule has 142 valence electrons. The van der Waals surface area contributed by atoms with Gasteiger partial charge in [0.25, 0.3) is 0 Å². The minimum atomic E-state index is -0.602. The van der Waals surface area contributed by atoms with Crippen molar-refractivity contribution in [3.05, 3.63) is 30.6 Å². The Balaban J connectivity index is 1.46. The molecule has 3 amide bonds. The van der Waals surface area contributed by atoms with E-state index in [1.807, 2.05) is 18.2 Å². The number of anilines is 1. The van der Waals surface area contributed by atoms with Crippen LogP contribution in [0.1, 0.15) is 12.8 Å². The Hall–Kier alpha value is -3.10. The number of likely N-dealkylation sites (tertiary alicyclic amines) is 1. The summed E-state index contributed by atoms with van der Waals surface area (Å²) in [5.74, 6) is 0.596. The number of nitrogens with zero attached hydrogens (tertiary/aromatic N) is 5. The maximum absolute atomic E-state index is 12.8. The van der Waals surface area contributed by atoms with Crippen LogP contribution in [0.5, 0.6) is 0 Å². The summed E-state index contributed by atoms with van der Waals surface area (Å²) in [5.41, 5.74) is 1.02. The van der Waals surface area contributed by atoms with Gasteiger partial charge in [-0.25, -0.2) is 9.59 Å². The second kappa shape index (κ2) is 6.57. The van der Waals surface area contributed by atoms with Crippen molar-refractivity contribution in [1.29, 1.82) is 0 Å². The molecule has 2 aromatic heterocycles. The summed E-state index contributed by atoms with van der Waals surface area (Å²) in [5, 5.41) is 7.35. The van der Waals surface area contributed by atoms with E-state index in [1.54, 1.807) is 41.0 Å². The molecule has 2 aliphatic heterocycles. The number of pyridine rings is 1. The number of hydrogen-bond acceptors (Lipinski definition) is 5. The second-order valence-corrected chi connectivity index (χ2v) is 7.14. The van der Waals surface area contributed by atoms with Gasteiger partial charge in [0.1, 0.15) is 11.4 Å². The largest absolute Gasteiger partial charge is 0.439 e. The molecular weight excluding hydrogens is 348 g/mol. The lowest BCUT2D eigenvalue weighted by atomic mass is 9.93. The average molecular weight is 370 g/mol. The van der Waals surface area contributed by atoms with E-state index in [9.17, 15) is 9.59 Å². The molecule has 2 saturated heterocycles. The van der Waals surface area contributed by atoms with Crippen LogP contribution in [0.4, 0.5) is 15.4 Å². The molecule has 4 rings (SSSR count).